The minimum atomic E-state index is -0.469. The molecular weight excluding hydrogens is 238 g/mol. The summed E-state index contributed by atoms with van der Waals surface area (Å²) in [5.74, 6) is -0.469. The quantitative estimate of drug-likeness (QED) is 0.575. The number of hydrogen-bond donors (Lipinski definition) is 0. The lowest BCUT2D eigenvalue weighted by Gasteiger charge is -2.07. The van der Waals surface area contributed by atoms with Gasteiger partial charge in [-0.3, -0.25) is 0 Å². The minimum absolute atomic E-state index is 0.177. The van der Waals surface area contributed by atoms with E-state index in [1.54, 1.807) is 6.07 Å². The first-order valence-electron chi connectivity index (χ1n) is 5.18. The van der Waals surface area contributed by atoms with Gasteiger partial charge in [0.05, 0.1) is 18.2 Å². The number of aromatic nitrogens is 1. The van der Waals surface area contributed by atoms with Crippen LogP contribution in [0.1, 0.15) is 21.5 Å². The average molecular weight is 250 g/mol. The molecule has 1 aromatic heterocycles. The molecule has 0 aliphatic rings. The summed E-state index contributed by atoms with van der Waals surface area (Å²) in [7, 11) is 1.32. The van der Waals surface area contributed by atoms with Crippen molar-refractivity contribution in [3.63, 3.8) is 0 Å². The monoisotopic (exact) mass is 249 g/mol. The van der Waals surface area contributed by atoms with Gasteiger partial charge in [0.25, 0.3) is 0 Å². The number of pyridine rings is 1. The largest absolute Gasteiger partial charge is 0.465 e. The summed E-state index contributed by atoms with van der Waals surface area (Å²) < 4.78 is 4.66. The van der Waals surface area contributed by atoms with Gasteiger partial charge in [0, 0.05) is 5.39 Å². The number of rotatable bonds is 1. The number of halogens is 1. The molecule has 0 N–H and O–H groups in total. The topological polar surface area (TPSA) is 39.2 Å². The maximum absolute atomic E-state index is 11.5. The first-order chi connectivity index (χ1) is 8.02. The van der Waals surface area contributed by atoms with E-state index in [1.165, 1.54) is 7.11 Å². The summed E-state index contributed by atoms with van der Waals surface area (Å²) >= 11 is 5.98. The number of methoxy groups -OCH3 is 1. The van der Waals surface area contributed by atoms with E-state index in [0.717, 1.165) is 22.0 Å². The Hall–Kier alpha value is -1.61. The highest BCUT2D eigenvalue weighted by Crippen LogP contribution is 2.24. The van der Waals surface area contributed by atoms with Crippen molar-refractivity contribution in [3.8, 4) is 0 Å². The van der Waals surface area contributed by atoms with E-state index < -0.39 is 5.97 Å². The average Bonchev–Trinajstić information content (AvgIpc) is 2.28. The Kier molecular flexibility index (Phi) is 3.03. The number of carbonyl (C=O) groups is 1. The predicted octanol–water partition coefficient (Wildman–Crippen LogP) is 3.29. The Morgan fingerprint density at radius 3 is 2.65 bits per heavy atom. The van der Waals surface area contributed by atoms with Gasteiger partial charge >= 0.3 is 5.97 Å². The molecule has 3 nitrogen and oxygen atoms in total. The van der Waals surface area contributed by atoms with Crippen LogP contribution in [0, 0.1) is 13.8 Å². The number of benzene rings is 1. The van der Waals surface area contributed by atoms with E-state index in [-0.39, 0.29) is 5.15 Å². The molecule has 0 fully saturated rings. The molecule has 0 unspecified atom stereocenters. The summed E-state index contributed by atoms with van der Waals surface area (Å²) in [6, 6.07) is 5.72. The van der Waals surface area contributed by atoms with Crippen LogP contribution >= 0.6 is 11.6 Å². The van der Waals surface area contributed by atoms with E-state index in [9.17, 15) is 4.79 Å². The van der Waals surface area contributed by atoms with E-state index in [1.807, 2.05) is 26.0 Å². The van der Waals surface area contributed by atoms with E-state index in [4.69, 9.17) is 11.6 Å². The zero-order valence-corrected chi connectivity index (χ0v) is 10.6. The standard InChI is InChI=1S/C13H12ClNO2/c1-7-4-8(2)11-9(5-7)6-10(12(14)15-11)13(16)17-3/h4-6H,1-3H3. The van der Waals surface area contributed by atoms with Crippen LogP contribution in [-0.2, 0) is 4.74 Å². The van der Waals surface area contributed by atoms with Crippen molar-refractivity contribution >= 4 is 28.5 Å². The molecule has 0 atom stereocenters. The number of hydrogen-bond acceptors (Lipinski definition) is 3. The Morgan fingerprint density at radius 2 is 2.00 bits per heavy atom. The maximum Gasteiger partial charge on any atom is 0.341 e. The van der Waals surface area contributed by atoms with Gasteiger partial charge in [-0.15, -0.1) is 0 Å². The third-order valence-electron chi connectivity index (χ3n) is 2.61. The van der Waals surface area contributed by atoms with Gasteiger partial charge in [-0.2, -0.15) is 0 Å². The number of carbonyl (C=O) groups excluding carboxylic acids is 1. The molecule has 0 amide bonds. The number of ether oxygens (including phenoxy) is 1. The zero-order valence-electron chi connectivity index (χ0n) is 9.87. The van der Waals surface area contributed by atoms with Gasteiger partial charge in [-0.1, -0.05) is 23.2 Å². The highest BCUT2D eigenvalue weighted by molar-refractivity contribution is 6.33. The molecule has 2 aromatic rings. The van der Waals surface area contributed by atoms with E-state index in [0.29, 0.717) is 5.56 Å². The van der Waals surface area contributed by atoms with Gasteiger partial charge in [0.2, 0.25) is 0 Å². The maximum atomic E-state index is 11.5. The van der Waals surface area contributed by atoms with Crippen LogP contribution in [-0.4, -0.2) is 18.1 Å². The van der Waals surface area contributed by atoms with Crippen LogP contribution < -0.4 is 0 Å². The number of fused-ring (bicyclic) bond motifs is 1. The highest BCUT2D eigenvalue weighted by Gasteiger charge is 2.14. The third kappa shape index (κ3) is 2.11. The first-order valence-corrected chi connectivity index (χ1v) is 5.56. The van der Waals surface area contributed by atoms with Crippen LogP contribution in [0.5, 0.6) is 0 Å². The molecule has 0 spiro atoms. The Balaban J connectivity index is 2.76. The van der Waals surface area contributed by atoms with Crippen molar-refractivity contribution in [2.45, 2.75) is 13.8 Å². The van der Waals surface area contributed by atoms with Crippen LogP contribution in [0.15, 0.2) is 18.2 Å². The molecule has 17 heavy (non-hydrogen) atoms. The second kappa shape index (κ2) is 4.34. The fourth-order valence-electron chi connectivity index (χ4n) is 1.88. The molecule has 1 heterocycles. The first kappa shape index (κ1) is 11.9. The van der Waals surface area contributed by atoms with Gasteiger partial charge in [-0.25, -0.2) is 9.78 Å². The second-order valence-electron chi connectivity index (χ2n) is 3.97. The Morgan fingerprint density at radius 1 is 1.29 bits per heavy atom. The van der Waals surface area contributed by atoms with Crippen LogP contribution in [0.4, 0.5) is 0 Å². The number of aryl methyl sites for hydroxylation is 2. The van der Waals surface area contributed by atoms with Crippen molar-refractivity contribution in [2.75, 3.05) is 7.11 Å². The molecule has 0 saturated carbocycles. The van der Waals surface area contributed by atoms with Crippen molar-refractivity contribution in [1.29, 1.82) is 0 Å². The molecule has 1 aromatic carbocycles. The minimum Gasteiger partial charge on any atom is -0.465 e. The lowest BCUT2D eigenvalue weighted by molar-refractivity contribution is 0.0600. The lowest BCUT2D eigenvalue weighted by Crippen LogP contribution is -2.03. The van der Waals surface area contributed by atoms with Gasteiger partial charge < -0.3 is 4.74 Å². The lowest BCUT2D eigenvalue weighted by atomic mass is 10.1. The molecule has 0 aliphatic heterocycles. The molecule has 4 heteroatoms. The molecule has 0 saturated heterocycles. The number of esters is 1. The fourth-order valence-corrected chi connectivity index (χ4v) is 2.10. The summed E-state index contributed by atoms with van der Waals surface area (Å²) in [6.45, 7) is 3.97. The zero-order chi connectivity index (χ0) is 12.6. The Bertz CT molecular complexity index is 608. The van der Waals surface area contributed by atoms with Crippen molar-refractivity contribution in [3.05, 3.63) is 40.0 Å². The van der Waals surface area contributed by atoms with Gasteiger partial charge in [0.15, 0.2) is 0 Å². The summed E-state index contributed by atoms with van der Waals surface area (Å²) in [5, 5.41) is 1.07. The number of nitrogens with zero attached hydrogens (tertiary/aromatic N) is 1. The summed E-state index contributed by atoms with van der Waals surface area (Å²) in [6.07, 6.45) is 0. The summed E-state index contributed by atoms with van der Waals surface area (Å²) in [5.41, 5.74) is 3.27. The fraction of sp³-hybridized carbons (Fsp3) is 0.231. The normalized spacial score (nSPS) is 10.6. The van der Waals surface area contributed by atoms with Crippen LogP contribution in [0.3, 0.4) is 0 Å². The van der Waals surface area contributed by atoms with E-state index in [2.05, 4.69) is 9.72 Å². The van der Waals surface area contributed by atoms with Crippen LogP contribution in [0.2, 0.25) is 5.15 Å². The van der Waals surface area contributed by atoms with E-state index >= 15 is 0 Å². The molecular formula is C13H12ClNO2. The summed E-state index contributed by atoms with van der Waals surface area (Å²) in [4.78, 5) is 15.8. The van der Waals surface area contributed by atoms with Crippen molar-refractivity contribution < 1.29 is 9.53 Å². The van der Waals surface area contributed by atoms with Gasteiger partial charge in [-0.05, 0) is 31.5 Å². The van der Waals surface area contributed by atoms with Crippen molar-refractivity contribution in [2.24, 2.45) is 0 Å². The second-order valence-corrected chi connectivity index (χ2v) is 4.33. The van der Waals surface area contributed by atoms with Gasteiger partial charge in [0.1, 0.15) is 5.15 Å². The molecule has 88 valence electrons. The predicted molar refractivity (Wildman–Crippen MR) is 67.6 cm³/mol. The molecule has 0 aliphatic carbocycles. The SMILES string of the molecule is COC(=O)c1cc2cc(C)cc(C)c2nc1Cl. The molecule has 2 rings (SSSR count). The third-order valence-corrected chi connectivity index (χ3v) is 2.90. The van der Waals surface area contributed by atoms with Crippen LogP contribution in [0.25, 0.3) is 10.9 Å². The Labute approximate surface area is 104 Å². The highest BCUT2D eigenvalue weighted by atomic mass is 35.5. The molecule has 0 bridgehead atoms. The molecule has 0 radical (unpaired) electrons. The smallest absolute Gasteiger partial charge is 0.341 e. The van der Waals surface area contributed by atoms with Crippen molar-refractivity contribution in [1.82, 2.24) is 4.98 Å².